The fourth-order valence-corrected chi connectivity index (χ4v) is 2.96. The summed E-state index contributed by atoms with van der Waals surface area (Å²) < 4.78 is 6.40. The van der Waals surface area contributed by atoms with Gasteiger partial charge < -0.3 is 4.74 Å². The van der Waals surface area contributed by atoms with E-state index in [4.69, 9.17) is 17.0 Å². The Balaban J connectivity index is 1.80. The normalized spacial score (nSPS) is 10.3. The maximum Gasteiger partial charge on any atom is 0.257 e. The number of carbonyl (C=O) groups is 2. The van der Waals surface area contributed by atoms with Crippen molar-refractivity contribution in [3.63, 3.8) is 0 Å². The van der Waals surface area contributed by atoms with Crippen molar-refractivity contribution in [1.82, 2.24) is 16.2 Å². The van der Waals surface area contributed by atoms with E-state index >= 15 is 0 Å². The number of ether oxygens (including phenoxy) is 1. The second-order valence-corrected chi connectivity index (χ2v) is 8.06. The Labute approximate surface area is 184 Å². The SMILES string of the molecule is CC(C)CCOc1ccc(C(=O)NC(=S)NNC(=O)Cc2ccccc2)cc1Br. The van der Waals surface area contributed by atoms with Gasteiger partial charge in [0.15, 0.2) is 5.11 Å². The van der Waals surface area contributed by atoms with Crippen molar-refractivity contribution in [3.05, 3.63) is 64.1 Å². The number of hydrogen-bond donors (Lipinski definition) is 3. The zero-order valence-corrected chi connectivity index (χ0v) is 18.7. The number of hydrogen-bond acceptors (Lipinski definition) is 4. The van der Waals surface area contributed by atoms with Crippen LogP contribution in [-0.2, 0) is 11.2 Å². The molecule has 0 radical (unpaired) electrons. The summed E-state index contributed by atoms with van der Waals surface area (Å²) in [5, 5.41) is 2.53. The quantitative estimate of drug-likeness (QED) is 0.417. The van der Waals surface area contributed by atoms with Crippen LogP contribution in [0.15, 0.2) is 53.0 Å². The molecule has 2 rings (SSSR count). The van der Waals surface area contributed by atoms with E-state index in [1.165, 1.54) is 0 Å². The van der Waals surface area contributed by atoms with Gasteiger partial charge >= 0.3 is 0 Å². The number of hydrazine groups is 1. The molecule has 0 aliphatic heterocycles. The number of nitrogens with one attached hydrogen (secondary N) is 3. The Kier molecular flexibility index (Phi) is 9.08. The predicted octanol–water partition coefficient (Wildman–Crippen LogP) is 3.75. The molecular weight excluding hydrogens is 454 g/mol. The van der Waals surface area contributed by atoms with Crippen LogP contribution in [0.25, 0.3) is 0 Å². The van der Waals surface area contributed by atoms with Crippen molar-refractivity contribution < 1.29 is 14.3 Å². The highest BCUT2D eigenvalue weighted by molar-refractivity contribution is 9.10. The molecule has 0 aliphatic carbocycles. The monoisotopic (exact) mass is 477 g/mol. The standard InChI is InChI=1S/C21H24BrN3O3S/c1-14(2)10-11-28-18-9-8-16(13-17(18)22)20(27)23-21(29)25-24-19(26)12-15-6-4-3-5-7-15/h3-9,13-14H,10-12H2,1-2H3,(H,24,26)(H2,23,25,27,29). The van der Waals surface area contributed by atoms with Gasteiger partial charge in [-0.3, -0.25) is 25.8 Å². The fraction of sp³-hybridized carbons (Fsp3) is 0.286. The molecule has 0 spiro atoms. The number of halogens is 1. The van der Waals surface area contributed by atoms with E-state index in [1.54, 1.807) is 18.2 Å². The highest BCUT2D eigenvalue weighted by Gasteiger charge is 2.12. The van der Waals surface area contributed by atoms with Gasteiger partial charge in [0.1, 0.15) is 5.75 Å². The van der Waals surface area contributed by atoms with Gasteiger partial charge in [-0.2, -0.15) is 0 Å². The summed E-state index contributed by atoms with van der Waals surface area (Å²) in [4.78, 5) is 24.3. The summed E-state index contributed by atoms with van der Waals surface area (Å²) in [5.74, 6) is 0.573. The molecule has 0 heterocycles. The number of rotatable bonds is 7. The van der Waals surface area contributed by atoms with Crippen LogP contribution < -0.4 is 20.9 Å². The van der Waals surface area contributed by atoms with Gasteiger partial charge in [-0.1, -0.05) is 44.2 Å². The third kappa shape index (κ3) is 8.21. The molecule has 2 aromatic carbocycles. The van der Waals surface area contributed by atoms with E-state index in [2.05, 4.69) is 45.9 Å². The minimum absolute atomic E-state index is 0.00444. The molecule has 0 saturated heterocycles. The molecule has 0 fully saturated rings. The van der Waals surface area contributed by atoms with Crippen molar-refractivity contribution >= 4 is 45.1 Å². The molecule has 2 amide bonds. The van der Waals surface area contributed by atoms with E-state index in [-0.39, 0.29) is 17.4 Å². The van der Waals surface area contributed by atoms with E-state index in [0.717, 1.165) is 12.0 Å². The minimum atomic E-state index is -0.394. The summed E-state index contributed by atoms with van der Waals surface area (Å²) in [6.07, 6.45) is 1.15. The molecule has 29 heavy (non-hydrogen) atoms. The Hall–Kier alpha value is -2.45. The first-order chi connectivity index (χ1) is 13.8. The van der Waals surface area contributed by atoms with Crippen molar-refractivity contribution in [3.8, 4) is 5.75 Å². The second kappa shape index (κ2) is 11.5. The highest BCUT2D eigenvalue weighted by atomic mass is 79.9. The predicted molar refractivity (Wildman–Crippen MR) is 121 cm³/mol. The van der Waals surface area contributed by atoms with Gasteiger partial charge in [-0.05, 0) is 64.2 Å². The maximum atomic E-state index is 12.3. The first-order valence-corrected chi connectivity index (χ1v) is 10.4. The number of amides is 2. The zero-order chi connectivity index (χ0) is 21.2. The molecule has 8 heteroatoms. The molecule has 0 aromatic heterocycles. The van der Waals surface area contributed by atoms with E-state index in [0.29, 0.717) is 28.3 Å². The summed E-state index contributed by atoms with van der Waals surface area (Å²) in [7, 11) is 0. The lowest BCUT2D eigenvalue weighted by Gasteiger charge is -2.12. The van der Waals surface area contributed by atoms with Gasteiger partial charge in [0.2, 0.25) is 5.91 Å². The topological polar surface area (TPSA) is 79.5 Å². The highest BCUT2D eigenvalue weighted by Crippen LogP contribution is 2.26. The van der Waals surface area contributed by atoms with Crippen molar-refractivity contribution in [2.24, 2.45) is 5.92 Å². The summed E-state index contributed by atoms with van der Waals surface area (Å²) in [6, 6.07) is 14.4. The van der Waals surface area contributed by atoms with Crippen LogP contribution in [0.1, 0.15) is 36.2 Å². The molecule has 2 aromatic rings. The molecule has 6 nitrogen and oxygen atoms in total. The van der Waals surface area contributed by atoms with Crippen molar-refractivity contribution in [2.75, 3.05) is 6.61 Å². The first-order valence-electron chi connectivity index (χ1n) is 9.21. The van der Waals surface area contributed by atoms with Crippen LogP contribution in [0, 0.1) is 5.92 Å². The lowest BCUT2D eigenvalue weighted by Crippen LogP contribution is -2.48. The Morgan fingerprint density at radius 1 is 1.10 bits per heavy atom. The smallest absolute Gasteiger partial charge is 0.257 e. The summed E-state index contributed by atoms with van der Waals surface area (Å²) in [5.41, 5.74) is 6.28. The summed E-state index contributed by atoms with van der Waals surface area (Å²) in [6.45, 7) is 4.87. The molecule has 3 N–H and O–H groups in total. The van der Waals surface area contributed by atoms with Crippen molar-refractivity contribution in [1.29, 1.82) is 0 Å². The molecule has 0 atom stereocenters. The Bertz CT molecular complexity index is 860. The summed E-state index contributed by atoms with van der Waals surface area (Å²) >= 11 is 8.48. The Morgan fingerprint density at radius 2 is 1.83 bits per heavy atom. The van der Waals surface area contributed by atoms with Crippen LogP contribution in [0.5, 0.6) is 5.75 Å². The van der Waals surface area contributed by atoms with Gasteiger partial charge in [0.25, 0.3) is 5.91 Å². The van der Waals surface area contributed by atoms with E-state index < -0.39 is 5.91 Å². The first kappa shape index (κ1) is 22.8. The third-order valence-corrected chi connectivity index (χ3v) is 4.72. The second-order valence-electron chi connectivity index (χ2n) is 6.79. The maximum absolute atomic E-state index is 12.3. The van der Waals surface area contributed by atoms with Crippen molar-refractivity contribution in [2.45, 2.75) is 26.7 Å². The number of benzene rings is 2. The van der Waals surface area contributed by atoms with E-state index in [9.17, 15) is 9.59 Å². The molecule has 0 aliphatic rings. The lowest BCUT2D eigenvalue weighted by atomic mass is 10.1. The largest absolute Gasteiger partial charge is 0.492 e. The molecule has 154 valence electrons. The average Bonchev–Trinajstić information content (AvgIpc) is 2.68. The lowest BCUT2D eigenvalue weighted by molar-refractivity contribution is -0.121. The van der Waals surface area contributed by atoms with Crippen LogP contribution in [-0.4, -0.2) is 23.5 Å². The number of thiocarbonyl (C=S) groups is 1. The molecule has 0 bridgehead atoms. The molecular formula is C21H24BrN3O3S. The van der Waals surface area contributed by atoms with Crippen LogP contribution >= 0.6 is 28.1 Å². The van der Waals surface area contributed by atoms with Gasteiger partial charge in [-0.15, -0.1) is 0 Å². The van der Waals surface area contributed by atoms with Crippen LogP contribution in [0.4, 0.5) is 0 Å². The fourth-order valence-electron chi connectivity index (χ4n) is 2.32. The Morgan fingerprint density at radius 3 is 2.48 bits per heavy atom. The zero-order valence-electron chi connectivity index (χ0n) is 16.3. The van der Waals surface area contributed by atoms with Crippen LogP contribution in [0.3, 0.4) is 0 Å². The third-order valence-electron chi connectivity index (χ3n) is 3.90. The van der Waals surface area contributed by atoms with Gasteiger partial charge in [0.05, 0.1) is 17.5 Å². The number of carbonyl (C=O) groups excluding carboxylic acids is 2. The minimum Gasteiger partial charge on any atom is -0.492 e. The van der Waals surface area contributed by atoms with Crippen LogP contribution in [0.2, 0.25) is 0 Å². The van der Waals surface area contributed by atoms with Gasteiger partial charge in [0, 0.05) is 5.56 Å². The molecule has 0 unspecified atom stereocenters. The average molecular weight is 478 g/mol. The molecule has 0 saturated carbocycles. The van der Waals surface area contributed by atoms with E-state index in [1.807, 2.05) is 30.3 Å². The van der Waals surface area contributed by atoms with Gasteiger partial charge in [-0.25, -0.2) is 0 Å².